The molecule has 6 rings (SSSR count). The molecule has 63 heavy (non-hydrogen) atoms. The van der Waals surface area contributed by atoms with Crippen molar-refractivity contribution in [2.45, 2.75) is 158 Å². The minimum atomic E-state index is -3.23. The van der Waals surface area contributed by atoms with Gasteiger partial charge in [-0.2, -0.15) is 0 Å². The quantitative estimate of drug-likeness (QED) is 0.0921. The van der Waals surface area contributed by atoms with Crippen molar-refractivity contribution < 1.29 is 0 Å². The van der Waals surface area contributed by atoms with Gasteiger partial charge in [-0.1, -0.05) is 0 Å². The fraction of sp³-hybridized carbons (Fsp3) is 0.429. The molecule has 4 nitrogen and oxygen atoms in total. The maximum absolute atomic E-state index is 3.23. The Labute approximate surface area is 407 Å². The summed E-state index contributed by atoms with van der Waals surface area (Å²) in [4.78, 5) is 15.6. The molecule has 0 aromatic heterocycles. The first kappa shape index (κ1) is 49.5. The van der Waals surface area contributed by atoms with Gasteiger partial charge in [0.2, 0.25) is 0 Å². The van der Waals surface area contributed by atoms with Gasteiger partial charge in [0.1, 0.15) is 0 Å². The molecule has 0 bridgehead atoms. The summed E-state index contributed by atoms with van der Waals surface area (Å²) in [5, 5.41) is 0. The van der Waals surface area contributed by atoms with E-state index in [2.05, 4.69) is 278 Å². The number of anilines is 4. The molecule has 2 aliphatic heterocycles. The van der Waals surface area contributed by atoms with Crippen LogP contribution in [-0.4, -0.2) is 6.65 Å². The molecule has 0 saturated heterocycles. The fourth-order valence-electron chi connectivity index (χ4n) is 9.38. The Hall–Kier alpha value is -2.96. The first-order valence-corrected chi connectivity index (χ1v) is 38.8. The predicted molar refractivity (Wildman–Crippen MR) is 297 cm³/mol. The van der Waals surface area contributed by atoms with E-state index in [-0.39, 0.29) is 0 Å². The zero-order chi connectivity index (χ0) is 46.2. The van der Waals surface area contributed by atoms with Gasteiger partial charge in [0.05, 0.1) is 0 Å². The van der Waals surface area contributed by atoms with Gasteiger partial charge in [-0.05, 0) is 0 Å². The molecule has 0 atom stereocenters. The summed E-state index contributed by atoms with van der Waals surface area (Å²) in [6.45, 7) is 34.2. The second kappa shape index (κ2) is 20.3. The van der Waals surface area contributed by atoms with Crippen molar-refractivity contribution in [2.24, 2.45) is 0 Å². The Balaban J connectivity index is 1.70. The molecule has 7 heteroatoms. The molecule has 0 N–H and O–H groups in total. The van der Waals surface area contributed by atoms with Crippen LogP contribution >= 0.6 is 40.4 Å². The fourth-order valence-corrected chi connectivity index (χ4v) is 18.0. The Morgan fingerprint density at radius 3 is 0.619 bits per heavy atom. The van der Waals surface area contributed by atoms with E-state index < -0.39 is 6.65 Å². The molecular formula is C56H74GeI2N4. The van der Waals surface area contributed by atoms with Gasteiger partial charge in [0.25, 0.3) is 0 Å². The van der Waals surface area contributed by atoms with E-state index in [1.54, 1.807) is 0 Å². The average Bonchev–Trinajstić information content (AvgIpc) is 3.81. The van der Waals surface area contributed by atoms with Crippen molar-refractivity contribution in [3.05, 3.63) is 164 Å². The Kier molecular flexibility index (Phi) is 15.9. The molecule has 0 unspecified atom stereocenters. The number of halogens is 2. The average molecular weight is 1130 g/mol. The summed E-state index contributed by atoms with van der Waals surface area (Å²) in [5.74, 6) is 5.39. The van der Waals surface area contributed by atoms with Gasteiger partial charge in [-0.3, -0.25) is 0 Å². The number of hydrogen-bond acceptors (Lipinski definition) is 4. The van der Waals surface area contributed by atoms with Gasteiger partial charge in [0.15, 0.2) is 0 Å². The Morgan fingerprint density at radius 2 is 0.476 bits per heavy atom. The molecule has 2 heterocycles. The number of rotatable bonds is 14. The van der Waals surface area contributed by atoms with Crippen LogP contribution in [0, 0.1) is 0 Å². The van der Waals surface area contributed by atoms with Crippen LogP contribution in [0.4, 0.5) is 22.7 Å². The standard InChI is InChI=1S/C56H74GeI2N4/c1-35(2)43-21-17-22-44(36(3)4)53(43)60-29-30-61(54-45(37(5)6)23-18-24-46(54)38(7)8)51(60)33-57(58,59)34-52-62(55-47(39(9)10)25-19-26-48(55)40(11)12)31-32-63(52)56-49(41(13)14)27-20-28-50(56)42(15)16/h17-42H,1-16H3. The van der Waals surface area contributed by atoms with E-state index in [4.69, 9.17) is 0 Å². The third-order valence-electron chi connectivity index (χ3n) is 12.7. The van der Waals surface area contributed by atoms with E-state index in [0.29, 0.717) is 47.3 Å². The molecule has 0 aliphatic carbocycles. The van der Waals surface area contributed by atoms with E-state index in [0.717, 1.165) is 0 Å². The van der Waals surface area contributed by atoms with Crippen molar-refractivity contribution >= 4 is 69.8 Å². The predicted octanol–water partition coefficient (Wildman–Crippen LogP) is 18.0. The van der Waals surface area contributed by atoms with Gasteiger partial charge in [-0.25, -0.2) is 0 Å². The van der Waals surface area contributed by atoms with Crippen LogP contribution in [0.2, 0.25) is 0 Å². The molecule has 0 saturated carbocycles. The van der Waals surface area contributed by atoms with Crippen LogP contribution in [0.25, 0.3) is 0 Å². The molecule has 4 aromatic rings. The SMILES string of the molecule is CC(C)c1cccc(C(C)C)c1N1C=CN(c2c(C(C)C)cccc2C(C)C)C1=[CH][Ge]([I])([I])[CH]=C1N(c2c(C(C)C)cccc2C(C)C)C=CN1c1c(C(C)C)cccc1C(C)C. The number of benzene rings is 4. The van der Waals surface area contributed by atoms with Crippen molar-refractivity contribution in [3.63, 3.8) is 0 Å². The number of para-hydroxylation sites is 4. The summed E-state index contributed by atoms with van der Waals surface area (Å²) in [7, 11) is 0. The summed E-state index contributed by atoms with van der Waals surface area (Å²) >= 11 is 5.82. The molecule has 0 radical (unpaired) electrons. The third-order valence-corrected chi connectivity index (χ3v) is 21.9. The Morgan fingerprint density at radius 1 is 0.317 bits per heavy atom. The molecule has 0 spiro atoms. The van der Waals surface area contributed by atoms with Crippen LogP contribution in [0.1, 0.15) is 203 Å². The molecule has 336 valence electrons. The monoisotopic (exact) mass is 1130 g/mol. The molecule has 0 fully saturated rings. The summed E-state index contributed by atoms with van der Waals surface area (Å²) < 4.78 is 0. The summed E-state index contributed by atoms with van der Waals surface area (Å²) in [5.41, 5.74) is 16.4. The third kappa shape index (κ3) is 10.2. The van der Waals surface area contributed by atoms with Crippen LogP contribution in [0.5, 0.6) is 0 Å². The van der Waals surface area contributed by atoms with E-state index in [9.17, 15) is 0 Å². The molecule has 4 aromatic carbocycles. The van der Waals surface area contributed by atoms with Crippen LogP contribution in [0.3, 0.4) is 0 Å². The van der Waals surface area contributed by atoms with Gasteiger partial charge >= 0.3 is 411 Å². The van der Waals surface area contributed by atoms with Crippen molar-refractivity contribution in [1.82, 2.24) is 0 Å². The Bertz CT molecular complexity index is 1980. The minimum absolute atomic E-state index is 0.364. The van der Waals surface area contributed by atoms with Crippen LogP contribution in [0.15, 0.2) is 119 Å². The van der Waals surface area contributed by atoms with Crippen LogP contribution < -0.4 is 19.6 Å². The summed E-state index contributed by atoms with van der Waals surface area (Å²) in [6.07, 6.45) is 9.43. The van der Waals surface area contributed by atoms with Crippen molar-refractivity contribution in [3.8, 4) is 0 Å². The van der Waals surface area contributed by atoms with Gasteiger partial charge in [0, 0.05) is 0 Å². The van der Waals surface area contributed by atoms with Gasteiger partial charge in [-0.15, -0.1) is 0 Å². The molecule has 2 aliphatic rings. The molecular weight excluding hydrogens is 1060 g/mol. The number of nitrogens with zero attached hydrogens (tertiary/aromatic N) is 4. The van der Waals surface area contributed by atoms with Crippen molar-refractivity contribution in [1.29, 1.82) is 0 Å². The number of hydrogen-bond donors (Lipinski definition) is 0. The second-order valence-corrected chi connectivity index (χ2v) is 53.5. The van der Waals surface area contributed by atoms with Gasteiger partial charge < -0.3 is 0 Å². The summed E-state index contributed by atoms with van der Waals surface area (Å²) in [6, 6.07) is 27.9. The van der Waals surface area contributed by atoms with E-state index in [1.807, 2.05) is 0 Å². The van der Waals surface area contributed by atoms with Crippen molar-refractivity contribution in [2.75, 3.05) is 19.6 Å². The second-order valence-electron chi connectivity index (χ2n) is 20.1. The topological polar surface area (TPSA) is 13.0 Å². The van der Waals surface area contributed by atoms with E-state index >= 15 is 0 Å². The zero-order valence-electron chi connectivity index (χ0n) is 41.1. The maximum atomic E-state index is 2.91. The normalized spacial score (nSPS) is 14.7. The molecule has 0 amide bonds. The zero-order valence-corrected chi connectivity index (χ0v) is 47.5. The first-order valence-electron chi connectivity index (χ1n) is 23.5. The van der Waals surface area contributed by atoms with E-state index in [1.165, 1.54) is 78.9 Å². The first-order chi connectivity index (χ1) is 29.7. The van der Waals surface area contributed by atoms with Crippen LogP contribution in [-0.2, 0) is 0 Å².